The van der Waals surface area contributed by atoms with Crippen LogP contribution in [0.2, 0.25) is 0 Å². The first-order valence-electron chi connectivity index (χ1n) is 6.98. The van der Waals surface area contributed by atoms with Crippen LogP contribution in [0.25, 0.3) is 10.6 Å². The largest absolute Gasteiger partial charge is 0.481 e. The first-order chi connectivity index (χ1) is 10.1. The Labute approximate surface area is 127 Å². The predicted octanol–water partition coefficient (Wildman–Crippen LogP) is 2.75. The Kier molecular flexibility index (Phi) is 3.88. The Hall–Kier alpha value is -1.95. The van der Waals surface area contributed by atoms with E-state index in [9.17, 15) is 9.90 Å². The Morgan fingerprint density at radius 3 is 3.00 bits per heavy atom. The van der Waals surface area contributed by atoms with E-state index in [0.717, 1.165) is 29.2 Å². The fourth-order valence-electron chi connectivity index (χ4n) is 2.88. The molecule has 1 aliphatic heterocycles. The monoisotopic (exact) mass is 303 g/mol. The molecule has 1 N–H and O–H groups in total. The maximum Gasteiger partial charge on any atom is 0.308 e. The van der Waals surface area contributed by atoms with E-state index >= 15 is 0 Å². The zero-order chi connectivity index (χ0) is 14.8. The molecule has 0 amide bonds. The van der Waals surface area contributed by atoms with Crippen LogP contribution in [0.1, 0.15) is 13.3 Å². The summed E-state index contributed by atoms with van der Waals surface area (Å²) < 4.78 is 0. The second-order valence-electron chi connectivity index (χ2n) is 5.58. The van der Waals surface area contributed by atoms with E-state index in [1.807, 2.05) is 18.2 Å². The number of benzene rings is 1. The van der Waals surface area contributed by atoms with Crippen molar-refractivity contribution in [2.75, 3.05) is 18.0 Å². The van der Waals surface area contributed by atoms with Crippen molar-refractivity contribution in [3.05, 3.63) is 29.8 Å². The lowest BCUT2D eigenvalue weighted by Crippen LogP contribution is -2.42. The van der Waals surface area contributed by atoms with Crippen LogP contribution in [0.5, 0.6) is 0 Å². The normalized spacial score (nSPS) is 22.2. The van der Waals surface area contributed by atoms with Gasteiger partial charge in [-0.15, -0.1) is 10.2 Å². The lowest BCUT2D eigenvalue weighted by molar-refractivity contribution is -0.142. The topological polar surface area (TPSA) is 66.3 Å². The highest BCUT2D eigenvalue weighted by Crippen LogP contribution is 2.30. The molecule has 5 nitrogen and oxygen atoms in total. The number of aliphatic carboxylic acids is 1. The van der Waals surface area contributed by atoms with Crippen LogP contribution in [0.4, 0.5) is 5.69 Å². The van der Waals surface area contributed by atoms with Crippen LogP contribution in [0, 0.1) is 11.8 Å². The number of hydrogen-bond acceptors (Lipinski definition) is 5. The molecule has 110 valence electrons. The number of nitrogens with zero attached hydrogens (tertiary/aromatic N) is 3. The van der Waals surface area contributed by atoms with Crippen LogP contribution >= 0.6 is 11.3 Å². The molecule has 2 heterocycles. The summed E-state index contributed by atoms with van der Waals surface area (Å²) in [6.45, 7) is 3.57. The van der Waals surface area contributed by atoms with Gasteiger partial charge in [0.05, 0.1) is 5.92 Å². The lowest BCUT2D eigenvalue weighted by atomic mass is 9.90. The summed E-state index contributed by atoms with van der Waals surface area (Å²) in [5, 5.41) is 18.1. The molecule has 1 saturated heterocycles. The first kappa shape index (κ1) is 14.0. The molecule has 3 rings (SSSR count). The summed E-state index contributed by atoms with van der Waals surface area (Å²) in [7, 11) is 0. The number of piperidine rings is 1. The molecular weight excluding hydrogens is 286 g/mol. The van der Waals surface area contributed by atoms with Gasteiger partial charge in [0.1, 0.15) is 10.5 Å². The van der Waals surface area contributed by atoms with Crippen LogP contribution in [0.3, 0.4) is 0 Å². The lowest BCUT2D eigenvalue weighted by Gasteiger charge is -2.36. The van der Waals surface area contributed by atoms with E-state index < -0.39 is 5.97 Å². The summed E-state index contributed by atoms with van der Waals surface area (Å²) in [4.78, 5) is 13.5. The van der Waals surface area contributed by atoms with Crippen molar-refractivity contribution in [1.82, 2.24) is 10.2 Å². The molecule has 2 unspecified atom stereocenters. The third-order valence-electron chi connectivity index (χ3n) is 3.83. The van der Waals surface area contributed by atoms with E-state index in [1.54, 1.807) is 5.51 Å². The summed E-state index contributed by atoms with van der Waals surface area (Å²) in [5.74, 6) is -0.615. The van der Waals surface area contributed by atoms with Gasteiger partial charge >= 0.3 is 5.97 Å². The highest BCUT2D eigenvalue weighted by atomic mass is 32.1. The average molecular weight is 303 g/mol. The standard InChI is InChI=1S/C15H17N3O2S/c1-10-5-12(15(19)20)8-18(7-10)13-4-2-3-11(6-13)14-17-16-9-21-14/h2-4,6,9-10,12H,5,7-8H2,1H3,(H,19,20). The van der Waals surface area contributed by atoms with E-state index in [1.165, 1.54) is 11.3 Å². The smallest absolute Gasteiger partial charge is 0.308 e. The van der Waals surface area contributed by atoms with Gasteiger partial charge in [0, 0.05) is 24.3 Å². The number of hydrogen-bond donors (Lipinski definition) is 1. The van der Waals surface area contributed by atoms with Gasteiger partial charge < -0.3 is 10.0 Å². The zero-order valence-electron chi connectivity index (χ0n) is 11.8. The molecule has 1 aromatic heterocycles. The van der Waals surface area contributed by atoms with Crippen LogP contribution in [-0.4, -0.2) is 34.4 Å². The number of carbonyl (C=O) groups is 1. The van der Waals surface area contributed by atoms with E-state index in [2.05, 4.69) is 28.1 Å². The second-order valence-corrected chi connectivity index (χ2v) is 6.41. The van der Waals surface area contributed by atoms with Gasteiger partial charge in [-0.05, 0) is 24.5 Å². The minimum atomic E-state index is -0.702. The summed E-state index contributed by atoms with van der Waals surface area (Å²) >= 11 is 1.50. The fourth-order valence-corrected chi connectivity index (χ4v) is 3.43. The fraction of sp³-hybridized carbons (Fsp3) is 0.400. The van der Waals surface area contributed by atoms with Gasteiger partial charge in [0.15, 0.2) is 0 Å². The molecule has 0 saturated carbocycles. The summed E-state index contributed by atoms with van der Waals surface area (Å²) in [5.41, 5.74) is 3.80. The Balaban J connectivity index is 1.86. The first-order valence-corrected chi connectivity index (χ1v) is 7.86. The summed E-state index contributed by atoms with van der Waals surface area (Å²) in [6.07, 6.45) is 0.752. The van der Waals surface area contributed by atoms with Gasteiger partial charge in [0.25, 0.3) is 0 Å². The van der Waals surface area contributed by atoms with E-state index in [0.29, 0.717) is 12.5 Å². The number of anilines is 1. The molecule has 6 heteroatoms. The van der Waals surface area contributed by atoms with Crippen molar-refractivity contribution in [3.8, 4) is 10.6 Å². The molecule has 0 radical (unpaired) electrons. The number of carboxylic acid groups (broad SMARTS) is 1. The Bertz CT molecular complexity index is 630. The van der Waals surface area contributed by atoms with Crippen molar-refractivity contribution in [2.24, 2.45) is 11.8 Å². The van der Waals surface area contributed by atoms with Crippen molar-refractivity contribution in [1.29, 1.82) is 0 Å². The third kappa shape index (κ3) is 3.05. The van der Waals surface area contributed by atoms with E-state index in [4.69, 9.17) is 0 Å². The molecule has 21 heavy (non-hydrogen) atoms. The van der Waals surface area contributed by atoms with Gasteiger partial charge in [0.2, 0.25) is 0 Å². The highest BCUT2D eigenvalue weighted by Gasteiger charge is 2.29. The van der Waals surface area contributed by atoms with Crippen LogP contribution in [-0.2, 0) is 4.79 Å². The van der Waals surface area contributed by atoms with Crippen molar-refractivity contribution >= 4 is 23.0 Å². The van der Waals surface area contributed by atoms with Gasteiger partial charge in [-0.25, -0.2) is 0 Å². The predicted molar refractivity (Wildman–Crippen MR) is 82.5 cm³/mol. The van der Waals surface area contributed by atoms with Crippen LogP contribution in [0.15, 0.2) is 29.8 Å². The zero-order valence-corrected chi connectivity index (χ0v) is 12.6. The third-order valence-corrected chi connectivity index (χ3v) is 4.57. The summed E-state index contributed by atoms with van der Waals surface area (Å²) in [6, 6.07) is 8.09. The van der Waals surface area contributed by atoms with Crippen molar-refractivity contribution in [2.45, 2.75) is 13.3 Å². The molecule has 0 aliphatic carbocycles. The molecule has 1 fully saturated rings. The minimum Gasteiger partial charge on any atom is -0.481 e. The maximum atomic E-state index is 11.3. The molecule has 1 aliphatic rings. The highest BCUT2D eigenvalue weighted by molar-refractivity contribution is 7.12. The van der Waals surface area contributed by atoms with Gasteiger partial charge in [-0.2, -0.15) is 0 Å². The number of carboxylic acids is 1. The molecule has 0 bridgehead atoms. The molecular formula is C15H17N3O2S. The van der Waals surface area contributed by atoms with Gasteiger partial charge in [-0.1, -0.05) is 30.4 Å². The van der Waals surface area contributed by atoms with E-state index in [-0.39, 0.29) is 5.92 Å². The van der Waals surface area contributed by atoms with Crippen molar-refractivity contribution in [3.63, 3.8) is 0 Å². The number of aromatic nitrogens is 2. The minimum absolute atomic E-state index is 0.293. The quantitative estimate of drug-likeness (QED) is 0.944. The molecule has 2 aromatic rings. The molecule has 0 spiro atoms. The average Bonchev–Trinajstić information content (AvgIpc) is 3.01. The maximum absolute atomic E-state index is 11.3. The number of rotatable bonds is 3. The molecule has 2 atom stereocenters. The Morgan fingerprint density at radius 2 is 2.29 bits per heavy atom. The Morgan fingerprint density at radius 1 is 1.43 bits per heavy atom. The second kappa shape index (κ2) is 5.81. The molecule has 1 aromatic carbocycles. The van der Waals surface area contributed by atoms with Crippen LogP contribution < -0.4 is 4.90 Å². The SMILES string of the molecule is CC1CC(C(=O)O)CN(c2cccc(-c3nncs3)c2)C1. The van der Waals surface area contributed by atoms with Crippen molar-refractivity contribution < 1.29 is 9.90 Å². The van der Waals surface area contributed by atoms with Gasteiger partial charge in [-0.3, -0.25) is 4.79 Å².